The molecule has 2 aliphatic rings. The molecule has 0 radical (unpaired) electrons. The Morgan fingerprint density at radius 2 is 2.00 bits per heavy atom. The number of benzene rings is 1. The lowest BCUT2D eigenvalue weighted by Gasteiger charge is -2.30. The summed E-state index contributed by atoms with van der Waals surface area (Å²) in [6, 6.07) is 4.86. The van der Waals surface area contributed by atoms with Crippen molar-refractivity contribution in [1.29, 1.82) is 0 Å². The van der Waals surface area contributed by atoms with Crippen LogP contribution in [0.2, 0.25) is 5.02 Å². The second-order valence-corrected chi connectivity index (χ2v) is 7.11. The first kappa shape index (κ1) is 17.7. The predicted octanol–water partition coefficient (Wildman–Crippen LogP) is 3.00. The Morgan fingerprint density at radius 3 is 2.64 bits per heavy atom. The van der Waals surface area contributed by atoms with Crippen LogP contribution in [0.25, 0.3) is 0 Å². The summed E-state index contributed by atoms with van der Waals surface area (Å²) in [5.74, 6) is -0.366. The van der Waals surface area contributed by atoms with Crippen molar-refractivity contribution in [2.45, 2.75) is 38.5 Å². The average molecular weight is 365 g/mol. The number of rotatable bonds is 4. The van der Waals surface area contributed by atoms with E-state index >= 15 is 0 Å². The zero-order valence-corrected chi connectivity index (χ0v) is 14.9. The van der Waals surface area contributed by atoms with E-state index in [1.165, 1.54) is 7.11 Å². The summed E-state index contributed by atoms with van der Waals surface area (Å²) in [4.78, 5) is 38.3. The first-order chi connectivity index (χ1) is 11.9. The van der Waals surface area contributed by atoms with Crippen molar-refractivity contribution in [2.75, 3.05) is 19.0 Å². The number of hydrogen-bond acceptors (Lipinski definition) is 4. The molecule has 7 heteroatoms. The summed E-state index contributed by atoms with van der Waals surface area (Å²) < 4.78 is 5.06. The van der Waals surface area contributed by atoms with E-state index in [2.05, 4.69) is 5.32 Å². The fourth-order valence-electron chi connectivity index (χ4n) is 3.73. The van der Waals surface area contributed by atoms with Crippen molar-refractivity contribution < 1.29 is 19.1 Å². The molecule has 1 aliphatic carbocycles. The molecule has 6 nitrogen and oxygen atoms in total. The molecule has 1 N–H and O–H groups in total. The lowest BCUT2D eigenvalue weighted by molar-refractivity contribution is -0.144. The monoisotopic (exact) mass is 364 g/mol. The number of imide groups is 1. The third-order valence-electron chi connectivity index (χ3n) is 5.04. The number of amides is 3. The van der Waals surface area contributed by atoms with Crippen molar-refractivity contribution >= 4 is 35.0 Å². The molecule has 1 heterocycles. The second-order valence-electron chi connectivity index (χ2n) is 6.70. The first-order valence-electron chi connectivity index (χ1n) is 8.43. The molecule has 1 saturated carbocycles. The zero-order chi connectivity index (χ0) is 18.0. The Hall–Kier alpha value is -2.08. The van der Waals surface area contributed by atoms with Crippen molar-refractivity contribution in [2.24, 2.45) is 5.41 Å². The van der Waals surface area contributed by atoms with Crippen LogP contribution in [0.4, 0.5) is 5.69 Å². The summed E-state index contributed by atoms with van der Waals surface area (Å²) in [7, 11) is 1.51. The third-order valence-corrected chi connectivity index (χ3v) is 5.33. The highest BCUT2D eigenvalue weighted by Gasteiger charge is 2.51. The van der Waals surface area contributed by atoms with Gasteiger partial charge in [0.1, 0.15) is 12.3 Å². The van der Waals surface area contributed by atoms with Gasteiger partial charge in [-0.2, -0.15) is 0 Å². The van der Waals surface area contributed by atoms with Gasteiger partial charge < -0.3 is 10.1 Å². The van der Waals surface area contributed by atoms with E-state index in [1.807, 2.05) is 0 Å². The molecular weight excluding hydrogens is 344 g/mol. The first-order valence-corrected chi connectivity index (χ1v) is 8.81. The minimum Gasteiger partial charge on any atom is -0.495 e. The molecule has 1 aliphatic heterocycles. The normalized spacial score (nSPS) is 19.4. The number of nitrogens with zero attached hydrogens (tertiary/aromatic N) is 1. The van der Waals surface area contributed by atoms with Crippen LogP contribution < -0.4 is 10.1 Å². The van der Waals surface area contributed by atoms with E-state index in [0.29, 0.717) is 16.5 Å². The Kier molecular flexibility index (Phi) is 4.99. The van der Waals surface area contributed by atoms with Crippen LogP contribution in [-0.4, -0.2) is 36.3 Å². The lowest BCUT2D eigenvalue weighted by Crippen LogP contribution is -2.41. The Balaban J connectivity index is 1.65. The van der Waals surface area contributed by atoms with Crippen LogP contribution in [0.3, 0.4) is 0 Å². The standard InChI is InChI=1S/C18H21ClN2O4/c1-25-14-6-5-12(9-13(14)19)20-15(22)11-21-16(23)10-18(17(21)24)7-3-2-4-8-18/h5-6,9H,2-4,7-8,10-11H2,1H3,(H,20,22). The Morgan fingerprint density at radius 1 is 1.28 bits per heavy atom. The second kappa shape index (κ2) is 7.04. The molecule has 1 spiro atoms. The number of hydrogen-bond donors (Lipinski definition) is 1. The van der Waals surface area contributed by atoms with Crippen molar-refractivity contribution in [3.8, 4) is 5.75 Å². The van der Waals surface area contributed by atoms with Gasteiger partial charge >= 0.3 is 0 Å². The van der Waals surface area contributed by atoms with Crippen LogP contribution in [0, 0.1) is 5.41 Å². The average Bonchev–Trinajstić information content (AvgIpc) is 2.80. The number of likely N-dealkylation sites (tertiary alicyclic amines) is 1. The molecule has 0 unspecified atom stereocenters. The highest BCUT2D eigenvalue weighted by Crippen LogP contribution is 2.45. The SMILES string of the molecule is COc1ccc(NC(=O)CN2C(=O)CC3(CCCCC3)C2=O)cc1Cl. The number of methoxy groups -OCH3 is 1. The predicted molar refractivity (Wildman–Crippen MR) is 93.5 cm³/mol. The van der Waals surface area contributed by atoms with Crippen LogP contribution in [0.15, 0.2) is 18.2 Å². The van der Waals surface area contributed by atoms with E-state index in [1.54, 1.807) is 18.2 Å². The fraction of sp³-hybridized carbons (Fsp3) is 0.500. The number of anilines is 1. The van der Waals surface area contributed by atoms with Crippen molar-refractivity contribution in [3.05, 3.63) is 23.2 Å². The van der Waals surface area contributed by atoms with Gasteiger partial charge in [0.25, 0.3) is 0 Å². The number of carbonyl (C=O) groups is 3. The van der Waals surface area contributed by atoms with Gasteiger partial charge in [-0.15, -0.1) is 0 Å². The van der Waals surface area contributed by atoms with Gasteiger partial charge in [-0.05, 0) is 31.0 Å². The zero-order valence-electron chi connectivity index (χ0n) is 14.1. The van der Waals surface area contributed by atoms with Crippen molar-refractivity contribution in [1.82, 2.24) is 4.90 Å². The number of carbonyl (C=O) groups excluding carboxylic acids is 3. The largest absolute Gasteiger partial charge is 0.495 e. The van der Waals surface area contributed by atoms with Gasteiger partial charge in [-0.1, -0.05) is 30.9 Å². The van der Waals surface area contributed by atoms with Crippen LogP contribution in [-0.2, 0) is 14.4 Å². The maximum Gasteiger partial charge on any atom is 0.244 e. The molecule has 2 fully saturated rings. The van der Waals surface area contributed by atoms with Gasteiger partial charge in [-0.3, -0.25) is 19.3 Å². The molecule has 0 aromatic heterocycles. The summed E-state index contributed by atoms with van der Waals surface area (Å²) in [6.07, 6.45) is 4.73. The fourth-order valence-corrected chi connectivity index (χ4v) is 3.99. The highest BCUT2D eigenvalue weighted by molar-refractivity contribution is 6.32. The quantitative estimate of drug-likeness (QED) is 0.833. The molecule has 3 amide bonds. The minimum atomic E-state index is -0.570. The summed E-state index contributed by atoms with van der Waals surface area (Å²) in [5, 5.41) is 3.04. The van der Waals surface area contributed by atoms with E-state index < -0.39 is 11.3 Å². The molecule has 3 rings (SSSR count). The van der Waals surface area contributed by atoms with Crippen molar-refractivity contribution in [3.63, 3.8) is 0 Å². The van der Waals surface area contributed by atoms with E-state index in [0.717, 1.165) is 37.0 Å². The molecular formula is C18H21ClN2O4. The maximum atomic E-state index is 12.7. The van der Waals surface area contributed by atoms with Gasteiger partial charge in [0.05, 0.1) is 17.5 Å². The highest BCUT2D eigenvalue weighted by atomic mass is 35.5. The minimum absolute atomic E-state index is 0.194. The van der Waals surface area contributed by atoms with Gasteiger partial charge in [0.15, 0.2) is 0 Å². The van der Waals surface area contributed by atoms with E-state index in [-0.39, 0.29) is 24.8 Å². The van der Waals surface area contributed by atoms with E-state index in [4.69, 9.17) is 16.3 Å². The maximum absolute atomic E-state index is 12.7. The van der Waals surface area contributed by atoms with Crippen LogP contribution in [0.5, 0.6) is 5.75 Å². The Bertz CT molecular complexity index is 713. The topological polar surface area (TPSA) is 75.7 Å². The molecule has 1 aromatic carbocycles. The molecule has 1 aromatic rings. The van der Waals surface area contributed by atoms with Gasteiger partial charge in [0, 0.05) is 12.1 Å². The molecule has 0 bridgehead atoms. The van der Waals surface area contributed by atoms with Gasteiger partial charge in [-0.25, -0.2) is 0 Å². The molecule has 1 saturated heterocycles. The molecule has 25 heavy (non-hydrogen) atoms. The number of ether oxygens (including phenoxy) is 1. The van der Waals surface area contributed by atoms with Gasteiger partial charge in [0.2, 0.25) is 17.7 Å². The third kappa shape index (κ3) is 3.49. The summed E-state index contributed by atoms with van der Waals surface area (Å²) in [5.41, 5.74) is -0.0822. The molecule has 134 valence electrons. The lowest BCUT2D eigenvalue weighted by atomic mass is 9.73. The number of nitrogens with one attached hydrogen (secondary N) is 1. The smallest absolute Gasteiger partial charge is 0.244 e. The van der Waals surface area contributed by atoms with Crippen LogP contribution >= 0.6 is 11.6 Å². The van der Waals surface area contributed by atoms with Crippen LogP contribution in [0.1, 0.15) is 38.5 Å². The Labute approximate surface area is 151 Å². The summed E-state index contributed by atoms with van der Waals surface area (Å²) >= 11 is 6.03. The molecule has 0 atom stereocenters. The van der Waals surface area contributed by atoms with E-state index in [9.17, 15) is 14.4 Å². The number of halogens is 1. The summed E-state index contributed by atoms with van der Waals surface area (Å²) in [6.45, 7) is -0.261.